The predicted octanol–water partition coefficient (Wildman–Crippen LogP) is 0.881. The van der Waals surface area contributed by atoms with E-state index in [-0.39, 0.29) is 5.60 Å². The molecule has 1 rings (SSSR count). The van der Waals surface area contributed by atoms with E-state index in [0.29, 0.717) is 12.1 Å². The molecule has 1 aliphatic carbocycles. The van der Waals surface area contributed by atoms with Gasteiger partial charge in [-0.25, -0.2) is 0 Å². The van der Waals surface area contributed by atoms with Gasteiger partial charge in [-0.05, 0) is 33.1 Å². The lowest BCUT2D eigenvalue weighted by Gasteiger charge is -2.25. The van der Waals surface area contributed by atoms with Crippen LogP contribution in [0.2, 0.25) is 0 Å². The van der Waals surface area contributed by atoms with Gasteiger partial charge in [0.15, 0.2) is 0 Å². The van der Waals surface area contributed by atoms with Crippen molar-refractivity contribution in [2.45, 2.75) is 50.8 Å². The van der Waals surface area contributed by atoms with Crippen LogP contribution in [0.15, 0.2) is 0 Å². The maximum absolute atomic E-state index is 5.83. The van der Waals surface area contributed by atoms with Gasteiger partial charge in [-0.1, -0.05) is 0 Å². The van der Waals surface area contributed by atoms with Crippen LogP contribution in [0.5, 0.6) is 0 Å². The molecule has 0 heterocycles. The Balaban J connectivity index is 2.19. The molecule has 3 N–H and O–H groups in total. The van der Waals surface area contributed by atoms with Crippen LogP contribution in [0.25, 0.3) is 0 Å². The van der Waals surface area contributed by atoms with Gasteiger partial charge in [0.05, 0.1) is 5.60 Å². The molecule has 0 aromatic rings. The van der Waals surface area contributed by atoms with Crippen molar-refractivity contribution >= 4 is 0 Å². The first-order valence-corrected chi connectivity index (χ1v) is 5.07. The van der Waals surface area contributed by atoms with E-state index >= 15 is 0 Å². The molecule has 3 nitrogen and oxygen atoms in total. The molecule has 1 aliphatic rings. The first kappa shape index (κ1) is 11.0. The van der Waals surface area contributed by atoms with Gasteiger partial charge in [0.25, 0.3) is 0 Å². The van der Waals surface area contributed by atoms with Crippen LogP contribution in [-0.4, -0.2) is 31.3 Å². The highest BCUT2D eigenvalue weighted by Crippen LogP contribution is 2.17. The van der Waals surface area contributed by atoms with Crippen LogP contribution in [0.4, 0.5) is 0 Å². The van der Waals surface area contributed by atoms with Crippen LogP contribution in [-0.2, 0) is 4.74 Å². The third-order valence-corrected chi connectivity index (χ3v) is 2.84. The fraction of sp³-hybridized carbons (Fsp3) is 1.00. The van der Waals surface area contributed by atoms with Crippen LogP contribution < -0.4 is 11.1 Å². The molecule has 1 fully saturated rings. The molecule has 1 saturated carbocycles. The van der Waals surface area contributed by atoms with Gasteiger partial charge in [0.1, 0.15) is 0 Å². The van der Waals surface area contributed by atoms with E-state index in [0.717, 1.165) is 19.4 Å². The zero-order valence-corrected chi connectivity index (χ0v) is 8.97. The number of hydrogen-bond donors (Lipinski definition) is 2. The second kappa shape index (κ2) is 4.40. The Morgan fingerprint density at radius 1 is 1.46 bits per heavy atom. The summed E-state index contributed by atoms with van der Waals surface area (Å²) in [6.07, 6.45) is 3.48. The second-order valence-corrected chi connectivity index (χ2v) is 4.61. The van der Waals surface area contributed by atoms with Crippen LogP contribution in [0.1, 0.15) is 33.1 Å². The maximum Gasteiger partial charge on any atom is 0.0746 e. The molecule has 2 unspecified atom stereocenters. The first-order valence-electron chi connectivity index (χ1n) is 5.07. The average Bonchev–Trinajstić information content (AvgIpc) is 2.48. The number of ether oxygens (including phenoxy) is 1. The quantitative estimate of drug-likeness (QED) is 0.685. The molecule has 0 radical (unpaired) electrons. The van der Waals surface area contributed by atoms with E-state index in [9.17, 15) is 0 Å². The zero-order valence-electron chi connectivity index (χ0n) is 8.97. The molecule has 3 heteroatoms. The first-order chi connectivity index (χ1) is 6.03. The number of nitrogens with two attached hydrogens (primary N) is 1. The van der Waals surface area contributed by atoms with Gasteiger partial charge < -0.3 is 15.8 Å². The summed E-state index contributed by atoms with van der Waals surface area (Å²) >= 11 is 0. The summed E-state index contributed by atoms with van der Waals surface area (Å²) in [7, 11) is 1.75. The van der Waals surface area contributed by atoms with E-state index in [1.54, 1.807) is 7.11 Å². The Labute approximate surface area is 81.0 Å². The number of methoxy groups -OCH3 is 1. The fourth-order valence-electron chi connectivity index (χ4n) is 1.66. The molecular weight excluding hydrogens is 164 g/mol. The standard InChI is InChI=1S/C10H22N2O/c1-10(2,13-3)7-12-9-5-4-8(11)6-9/h8-9,12H,4-7,11H2,1-3H3. The Hall–Kier alpha value is -0.120. The SMILES string of the molecule is COC(C)(C)CNC1CCC(N)C1. The topological polar surface area (TPSA) is 47.3 Å². The van der Waals surface area contributed by atoms with Crippen LogP contribution in [0, 0.1) is 0 Å². The molecule has 0 bridgehead atoms. The van der Waals surface area contributed by atoms with E-state index in [1.165, 1.54) is 6.42 Å². The Bertz CT molecular complexity index is 159. The molecule has 0 spiro atoms. The van der Waals surface area contributed by atoms with Crippen molar-refractivity contribution in [1.82, 2.24) is 5.32 Å². The van der Waals surface area contributed by atoms with Crippen molar-refractivity contribution in [3.05, 3.63) is 0 Å². The molecule has 78 valence electrons. The minimum absolute atomic E-state index is 0.0628. The number of hydrogen-bond acceptors (Lipinski definition) is 3. The maximum atomic E-state index is 5.83. The highest BCUT2D eigenvalue weighted by Gasteiger charge is 2.24. The Kier molecular flexibility index (Phi) is 3.71. The lowest BCUT2D eigenvalue weighted by Crippen LogP contribution is -2.41. The summed E-state index contributed by atoms with van der Waals surface area (Å²) in [4.78, 5) is 0. The molecule has 0 aromatic heterocycles. The van der Waals surface area contributed by atoms with Gasteiger partial charge in [-0.3, -0.25) is 0 Å². The van der Waals surface area contributed by atoms with Gasteiger partial charge in [0, 0.05) is 25.7 Å². The number of nitrogens with one attached hydrogen (secondary N) is 1. The predicted molar refractivity (Wildman–Crippen MR) is 54.7 cm³/mol. The van der Waals surface area contributed by atoms with Crippen molar-refractivity contribution in [1.29, 1.82) is 0 Å². The summed E-state index contributed by atoms with van der Waals surface area (Å²) in [6, 6.07) is 1.01. The van der Waals surface area contributed by atoms with E-state index in [2.05, 4.69) is 19.2 Å². The molecule has 2 atom stereocenters. The highest BCUT2D eigenvalue weighted by atomic mass is 16.5. The minimum Gasteiger partial charge on any atom is -0.377 e. The van der Waals surface area contributed by atoms with Crippen molar-refractivity contribution < 1.29 is 4.74 Å². The van der Waals surface area contributed by atoms with Gasteiger partial charge in [-0.2, -0.15) is 0 Å². The summed E-state index contributed by atoms with van der Waals surface area (Å²) < 4.78 is 5.33. The monoisotopic (exact) mass is 186 g/mol. The lowest BCUT2D eigenvalue weighted by molar-refractivity contribution is 0.0212. The van der Waals surface area contributed by atoms with Crippen LogP contribution >= 0.6 is 0 Å². The fourth-order valence-corrected chi connectivity index (χ4v) is 1.66. The minimum atomic E-state index is -0.0628. The summed E-state index contributed by atoms with van der Waals surface area (Å²) in [5, 5.41) is 3.50. The summed E-state index contributed by atoms with van der Waals surface area (Å²) in [5.74, 6) is 0. The molecule has 0 amide bonds. The van der Waals surface area contributed by atoms with Crippen molar-refractivity contribution in [2.24, 2.45) is 5.73 Å². The molecule has 0 aliphatic heterocycles. The summed E-state index contributed by atoms with van der Waals surface area (Å²) in [6.45, 7) is 5.09. The third-order valence-electron chi connectivity index (χ3n) is 2.84. The van der Waals surface area contributed by atoms with Crippen molar-refractivity contribution in [3.8, 4) is 0 Å². The van der Waals surface area contributed by atoms with Gasteiger partial charge in [-0.15, -0.1) is 0 Å². The Morgan fingerprint density at radius 2 is 2.15 bits per heavy atom. The molecule has 13 heavy (non-hydrogen) atoms. The molecular formula is C10H22N2O. The van der Waals surface area contributed by atoms with Gasteiger partial charge >= 0.3 is 0 Å². The van der Waals surface area contributed by atoms with E-state index < -0.39 is 0 Å². The molecule has 0 saturated heterocycles. The van der Waals surface area contributed by atoms with Gasteiger partial charge in [0.2, 0.25) is 0 Å². The second-order valence-electron chi connectivity index (χ2n) is 4.61. The molecule has 0 aromatic carbocycles. The lowest BCUT2D eigenvalue weighted by atomic mass is 10.1. The van der Waals surface area contributed by atoms with Crippen LogP contribution in [0.3, 0.4) is 0 Å². The highest BCUT2D eigenvalue weighted by molar-refractivity contribution is 4.84. The van der Waals surface area contributed by atoms with E-state index in [4.69, 9.17) is 10.5 Å². The van der Waals surface area contributed by atoms with Crippen molar-refractivity contribution in [2.75, 3.05) is 13.7 Å². The number of rotatable bonds is 4. The summed E-state index contributed by atoms with van der Waals surface area (Å²) in [5.41, 5.74) is 5.76. The largest absolute Gasteiger partial charge is 0.377 e. The Morgan fingerprint density at radius 3 is 2.62 bits per heavy atom. The normalized spacial score (nSPS) is 29.5. The van der Waals surface area contributed by atoms with Crippen molar-refractivity contribution in [3.63, 3.8) is 0 Å². The smallest absolute Gasteiger partial charge is 0.0746 e. The van der Waals surface area contributed by atoms with E-state index in [1.807, 2.05) is 0 Å². The third kappa shape index (κ3) is 3.63. The zero-order chi connectivity index (χ0) is 9.90. The average molecular weight is 186 g/mol.